The molecule has 2 rings (SSSR count). The summed E-state index contributed by atoms with van der Waals surface area (Å²) in [5.41, 5.74) is 6.80. The first-order valence-corrected chi connectivity index (χ1v) is 9.49. The van der Waals surface area contributed by atoms with Gasteiger partial charge >= 0.3 is 5.97 Å². The van der Waals surface area contributed by atoms with Gasteiger partial charge in [0.05, 0.1) is 23.9 Å². The molecule has 1 aromatic carbocycles. The fraction of sp³-hybridized carbons (Fsp3) is 0.476. The number of likely N-dealkylation sites (N-methyl/N-ethyl adjacent to an activating group) is 1. The number of halogens is 2. The van der Waals surface area contributed by atoms with E-state index in [0.717, 1.165) is 12.1 Å². The van der Waals surface area contributed by atoms with E-state index in [2.05, 4.69) is 6.58 Å². The highest BCUT2D eigenvalue weighted by molar-refractivity contribution is 5.90. The lowest BCUT2D eigenvalue weighted by Gasteiger charge is -2.42. The number of anilines is 1. The number of nitrogens with two attached hydrogens (primary N) is 1. The molecule has 0 amide bonds. The van der Waals surface area contributed by atoms with Crippen LogP contribution in [0.3, 0.4) is 0 Å². The van der Waals surface area contributed by atoms with Crippen LogP contribution in [0.25, 0.3) is 0 Å². The summed E-state index contributed by atoms with van der Waals surface area (Å²) in [6.45, 7) is 10.4. The molecular weight excluding hydrogens is 364 g/mol. The molecule has 2 N–H and O–H groups in total. The van der Waals surface area contributed by atoms with Crippen LogP contribution in [0.5, 0.6) is 0 Å². The van der Waals surface area contributed by atoms with Crippen molar-refractivity contribution in [3.8, 4) is 0 Å². The molecule has 1 aromatic rings. The largest absolute Gasteiger partial charge is 0.463 e. The van der Waals surface area contributed by atoms with Crippen molar-refractivity contribution in [3.05, 3.63) is 53.4 Å². The summed E-state index contributed by atoms with van der Waals surface area (Å²) in [7, 11) is 1.77. The van der Waals surface area contributed by atoms with Gasteiger partial charge in [-0.15, -0.1) is 0 Å². The molecule has 0 spiro atoms. The van der Waals surface area contributed by atoms with E-state index in [4.69, 9.17) is 10.5 Å². The smallest absolute Gasteiger partial charge is 0.336 e. The summed E-state index contributed by atoms with van der Waals surface area (Å²) < 4.78 is 34.3. The zero-order chi connectivity index (χ0) is 21.0. The Morgan fingerprint density at radius 2 is 2.11 bits per heavy atom. The van der Waals surface area contributed by atoms with E-state index in [0.29, 0.717) is 12.1 Å². The molecular formula is C21H29F2N3O2. The molecule has 7 heteroatoms. The van der Waals surface area contributed by atoms with Crippen LogP contribution >= 0.6 is 0 Å². The number of nitrogen functional groups attached to an aromatic ring is 1. The second-order valence-corrected chi connectivity index (χ2v) is 7.02. The first-order valence-electron chi connectivity index (χ1n) is 9.49. The first-order chi connectivity index (χ1) is 13.3. The van der Waals surface area contributed by atoms with Crippen molar-refractivity contribution in [1.82, 2.24) is 9.80 Å². The van der Waals surface area contributed by atoms with Gasteiger partial charge in [0.25, 0.3) is 0 Å². The molecule has 0 aliphatic carbocycles. The van der Waals surface area contributed by atoms with Gasteiger partial charge in [0.2, 0.25) is 0 Å². The lowest BCUT2D eigenvalue weighted by atomic mass is 9.92. The predicted octanol–water partition coefficient (Wildman–Crippen LogP) is 3.84. The van der Waals surface area contributed by atoms with Gasteiger partial charge in [-0.05, 0) is 44.6 Å². The van der Waals surface area contributed by atoms with Gasteiger partial charge in [0.15, 0.2) is 5.82 Å². The summed E-state index contributed by atoms with van der Waals surface area (Å²) in [6, 6.07) is 1.81. The summed E-state index contributed by atoms with van der Waals surface area (Å²) in [5, 5.41) is 0. The van der Waals surface area contributed by atoms with E-state index in [9.17, 15) is 13.6 Å². The van der Waals surface area contributed by atoms with Crippen molar-refractivity contribution in [3.63, 3.8) is 0 Å². The van der Waals surface area contributed by atoms with Crippen molar-refractivity contribution in [2.75, 3.05) is 32.5 Å². The SMILES string of the molecule is C=CN1CC(c2c(F)ccc(N)c2F)N(C)C/C1=C(\C(=O)OCC)C(C)CC. The van der Waals surface area contributed by atoms with Gasteiger partial charge in [-0.25, -0.2) is 13.6 Å². The Balaban J connectivity index is 2.51. The predicted molar refractivity (Wildman–Crippen MR) is 106 cm³/mol. The quantitative estimate of drug-likeness (QED) is 0.452. The van der Waals surface area contributed by atoms with E-state index in [1.807, 2.05) is 18.7 Å². The highest BCUT2D eigenvalue weighted by Crippen LogP contribution is 2.35. The van der Waals surface area contributed by atoms with Gasteiger partial charge < -0.3 is 15.4 Å². The average Bonchev–Trinajstić information content (AvgIpc) is 2.66. The zero-order valence-electron chi connectivity index (χ0n) is 17.0. The highest BCUT2D eigenvalue weighted by Gasteiger charge is 2.35. The molecule has 1 saturated heterocycles. The highest BCUT2D eigenvalue weighted by atomic mass is 19.1. The molecule has 0 aromatic heterocycles. The van der Waals surface area contributed by atoms with E-state index in [1.54, 1.807) is 25.1 Å². The van der Waals surface area contributed by atoms with Crippen LogP contribution in [0.4, 0.5) is 14.5 Å². The first kappa shape index (κ1) is 21.9. The number of rotatable bonds is 6. The number of benzene rings is 1. The van der Waals surface area contributed by atoms with Crippen LogP contribution in [0.1, 0.15) is 38.8 Å². The Bertz CT molecular complexity index is 779. The monoisotopic (exact) mass is 393 g/mol. The summed E-state index contributed by atoms with van der Waals surface area (Å²) in [4.78, 5) is 16.2. The third-order valence-electron chi connectivity index (χ3n) is 5.27. The molecule has 5 nitrogen and oxygen atoms in total. The molecule has 1 fully saturated rings. The third kappa shape index (κ3) is 4.19. The fourth-order valence-electron chi connectivity index (χ4n) is 3.52. The number of hydrogen-bond donors (Lipinski definition) is 1. The number of carbonyl (C=O) groups excluding carboxylic acids is 1. The Morgan fingerprint density at radius 1 is 1.43 bits per heavy atom. The topological polar surface area (TPSA) is 58.8 Å². The maximum Gasteiger partial charge on any atom is 0.336 e. The standard InChI is InChI=1S/C21H29F2N3O2/c1-6-13(4)18(21(27)28-8-3)17-11-25(5)16(12-26(17)7-2)19-14(22)9-10-15(24)20(19)23/h7,9-10,13,16H,2,6,8,11-12,24H2,1,3-5H3/b18-17+. The number of carbonyl (C=O) groups is 1. The van der Waals surface area contributed by atoms with Gasteiger partial charge in [-0.1, -0.05) is 20.4 Å². The number of esters is 1. The number of ether oxygens (including phenoxy) is 1. The summed E-state index contributed by atoms with van der Waals surface area (Å²) in [5.74, 6) is -1.79. The van der Waals surface area contributed by atoms with Crippen molar-refractivity contribution in [1.29, 1.82) is 0 Å². The van der Waals surface area contributed by atoms with Crippen LogP contribution in [-0.2, 0) is 9.53 Å². The Kier molecular flexibility index (Phi) is 7.18. The minimum atomic E-state index is -0.749. The van der Waals surface area contributed by atoms with Crippen LogP contribution in [-0.4, -0.2) is 42.5 Å². The normalized spacial score (nSPS) is 20.6. The van der Waals surface area contributed by atoms with Crippen molar-refractivity contribution < 1.29 is 18.3 Å². The number of nitrogens with zero attached hydrogens (tertiary/aromatic N) is 2. The summed E-state index contributed by atoms with van der Waals surface area (Å²) in [6.07, 6.45) is 2.34. The molecule has 1 heterocycles. The Labute approximate surface area is 165 Å². The van der Waals surface area contributed by atoms with Crippen LogP contribution in [0.15, 0.2) is 36.2 Å². The van der Waals surface area contributed by atoms with Gasteiger partial charge in [0, 0.05) is 24.4 Å². The Morgan fingerprint density at radius 3 is 2.68 bits per heavy atom. The zero-order valence-corrected chi connectivity index (χ0v) is 17.0. The molecule has 28 heavy (non-hydrogen) atoms. The number of hydrogen-bond acceptors (Lipinski definition) is 5. The Hall–Kier alpha value is -2.41. The van der Waals surface area contributed by atoms with Crippen LogP contribution < -0.4 is 5.73 Å². The molecule has 2 atom stereocenters. The van der Waals surface area contributed by atoms with Gasteiger partial charge in [0.1, 0.15) is 5.82 Å². The van der Waals surface area contributed by atoms with E-state index < -0.39 is 17.7 Å². The second kappa shape index (κ2) is 9.19. The number of piperazine rings is 1. The van der Waals surface area contributed by atoms with Crippen LogP contribution in [0.2, 0.25) is 0 Å². The average molecular weight is 393 g/mol. The fourth-order valence-corrected chi connectivity index (χ4v) is 3.52. The molecule has 1 aliphatic rings. The molecule has 2 unspecified atom stereocenters. The lowest BCUT2D eigenvalue weighted by Crippen LogP contribution is -2.45. The molecule has 0 bridgehead atoms. The maximum absolute atomic E-state index is 14.6. The van der Waals surface area contributed by atoms with Gasteiger partial charge in [-0.2, -0.15) is 0 Å². The van der Waals surface area contributed by atoms with Crippen molar-refractivity contribution in [2.45, 2.75) is 33.2 Å². The van der Waals surface area contributed by atoms with Crippen molar-refractivity contribution in [2.24, 2.45) is 5.92 Å². The van der Waals surface area contributed by atoms with Gasteiger partial charge in [-0.3, -0.25) is 4.90 Å². The minimum absolute atomic E-state index is 0.0257. The van der Waals surface area contributed by atoms with E-state index >= 15 is 0 Å². The second-order valence-electron chi connectivity index (χ2n) is 7.02. The molecule has 0 radical (unpaired) electrons. The molecule has 0 saturated carbocycles. The van der Waals surface area contributed by atoms with Crippen LogP contribution in [0, 0.1) is 17.6 Å². The summed E-state index contributed by atoms with van der Waals surface area (Å²) >= 11 is 0. The van der Waals surface area contributed by atoms with Crippen molar-refractivity contribution >= 4 is 11.7 Å². The maximum atomic E-state index is 14.6. The lowest BCUT2D eigenvalue weighted by molar-refractivity contribution is -0.139. The minimum Gasteiger partial charge on any atom is -0.463 e. The third-order valence-corrected chi connectivity index (χ3v) is 5.27. The molecule has 154 valence electrons. The molecule has 1 aliphatic heterocycles. The van der Waals surface area contributed by atoms with E-state index in [1.165, 1.54) is 12.1 Å². The van der Waals surface area contributed by atoms with E-state index in [-0.39, 0.29) is 36.3 Å².